The van der Waals surface area contributed by atoms with E-state index in [-0.39, 0.29) is 17.3 Å². The van der Waals surface area contributed by atoms with Gasteiger partial charge in [-0.1, -0.05) is 20.8 Å². The molecule has 0 aliphatic carbocycles. The zero-order chi connectivity index (χ0) is 12.6. The number of hydrogen-bond acceptors (Lipinski definition) is 4. The molecule has 0 fully saturated rings. The number of anilines is 1. The van der Waals surface area contributed by atoms with Crippen LogP contribution in [0.15, 0.2) is 4.42 Å². The van der Waals surface area contributed by atoms with Crippen molar-refractivity contribution < 1.29 is 9.21 Å². The minimum absolute atomic E-state index is 0.0117. The van der Waals surface area contributed by atoms with Crippen LogP contribution in [0.5, 0.6) is 0 Å². The third-order valence-corrected chi connectivity index (χ3v) is 2.78. The van der Waals surface area contributed by atoms with Crippen molar-refractivity contribution in [2.45, 2.75) is 40.2 Å². The first kappa shape index (κ1) is 12.0. The third kappa shape index (κ3) is 2.78. The maximum absolute atomic E-state index is 12.1. The number of nitrogen functional groups attached to an aromatic ring is 1. The van der Waals surface area contributed by atoms with Crippen LogP contribution < -0.4 is 5.73 Å². The van der Waals surface area contributed by atoms with E-state index in [1.807, 2.05) is 4.90 Å². The van der Waals surface area contributed by atoms with Gasteiger partial charge in [-0.15, -0.1) is 0 Å². The minimum atomic E-state index is 0.0117. The van der Waals surface area contributed by atoms with Crippen molar-refractivity contribution in [2.75, 3.05) is 12.3 Å². The summed E-state index contributed by atoms with van der Waals surface area (Å²) in [6, 6.07) is 0.195. The molecule has 2 N–H and O–H groups in total. The smallest absolute Gasteiger partial charge is 0.292 e. The van der Waals surface area contributed by atoms with Crippen LogP contribution in [0.25, 0.3) is 0 Å². The van der Waals surface area contributed by atoms with Gasteiger partial charge in [0.1, 0.15) is 5.76 Å². The average Bonchev–Trinajstić information content (AvgIpc) is 2.53. The predicted molar refractivity (Wildman–Crippen MR) is 64.1 cm³/mol. The lowest BCUT2D eigenvalue weighted by Crippen LogP contribution is -2.37. The minimum Gasteiger partial charge on any atom is -0.427 e. The molecule has 5 nitrogen and oxygen atoms in total. The van der Waals surface area contributed by atoms with Gasteiger partial charge in [0.25, 0.3) is 6.01 Å². The van der Waals surface area contributed by atoms with E-state index in [1.165, 1.54) is 0 Å². The molecule has 0 radical (unpaired) electrons. The fraction of sp³-hybridized carbons (Fsp3) is 0.667. The second-order valence-corrected chi connectivity index (χ2v) is 5.72. The number of hydrogen-bond donors (Lipinski definition) is 1. The van der Waals surface area contributed by atoms with E-state index in [2.05, 4.69) is 25.8 Å². The molecule has 2 heterocycles. The lowest BCUT2D eigenvalue weighted by Gasteiger charge is -2.28. The SMILES string of the molecule is CC(C)(C)CC(=O)N1CCc2nc(N)oc2C1. The number of fused-ring (bicyclic) bond motifs is 1. The molecule has 0 spiro atoms. The van der Waals surface area contributed by atoms with E-state index in [0.717, 1.165) is 17.9 Å². The quantitative estimate of drug-likeness (QED) is 0.804. The van der Waals surface area contributed by atoms with Crippen LogP contribution in [0, 0.1) is 5.41 Å². The van der Waals surface area contributed by atoms with Gasteiger partial charge in [-0.2, -0.15) is 4.98 Å². The standard InChI is InChI=1S/C12H19N3O2/c1-12(2,3)6-10(16)15-5-4-8-9(7-15)17-11(13)14-8/h4-7H2,1-3H3,(H2,13,14). The summed E-state index contributed by atoms with van der Waals surface area (Å²) in [6.45, 7) is 7.38. The summed E-state index contributed by atoms with van der Waals surface area (Å²) >= 11 is 0. The Morgan fingerprint density at radius 3 is 2.88 bits per heavy atom. The van der Waals surface area contributed by atoms with Crippen molar-refractivity contribution in [3.05, 3.63) is 11.5 Å². The van der Waals surface area contributed by atoms with Gasteiger partial charge in [-0.05, 0) is 5.41 Å². The normalized spacial score (nSPS) is 15.8. The van der Waals surface area contributed by atoms with Gasteiger partial charge in [-0.3, -0.25) is 4.79 Å². The molecular formula is C12H19N3O2. The van der Waals surface area contributed by atoms with Gasteiger partial charge in [0, 0.05) is 19.4 Å². The monoisotopic (exact) mass is 237 g/mol. The van der Waals surface area contributed by atoms with Crippen molar-refractivity contribution in [3.63, 3.8) is 0 Å². The predicted octanol–water partition coefficient (Wildman–Crippen LogP) is 1.58. The largest absolute Gasteiger partial charge is 0.427 e. The molecule has 1 aromatic rings. The molecule has 94 valence electrons. The summed E-state index contributed by atoms with van der Waals surface area (Å²) in [7, 11) is 0. The number of nitrogens with zero attached hydrogens (tertiary/aromatic N) is 2. The number of amides is 1. The maximum Gasteiger partial charge on any atom is 0.292 e. The van der Waals surface area contributed by atoms with Crippen LogP contribution in [0.2, 0.25) is 0 Å². The van der Waals surface area contributed by atoms with E-state index in [4.69, 9.17) is 10.2 Å². The Labute approximate surface area is 101 Å². The van der Waals surface area contributed by atoms with Gasteiger partial charge in [-0.25, -0.2) is 0 Å². The highest BCUT2D eigenvalue weighted by molar-refractivity contribution is 5.77. The first-order valence-electron chi connectivity index (χ1n) is 5.87. The van der Waals surface area contributed by atoms with Crippen LogP contribution in [-0.4, -0.2) is 22.3 Å². The molecule has 2 rings (SSSR count). The first-order chi connectivity index (χ1) is 7.85. The number of nitrogens with two attached hydrogens (primary N) is 1. The average molecular weight is 237 g/mol. The Balaban J connectivity index is 2.05. The molecule has 0 saturated heterocycles. The number of carbonyl (C=O) groups is 1. The molecule has 5 heteroatoms. The lowest BCUT2D eigenvalue weighted by atomic mass is 9.91. The van der Waals surface area contributed by atoms with Gasteiger partial charge >= 0.3 is 0 Å². The van der Waals surface area contributed by atoms with E-state index in [9.17, 15) is 4.79 Å². The summed E-state index contributed by atoms with van der Waals surface area (Å²) in [6.07, 6.45) is 1.28. The third-order valence-electron chi connectivity index (χ3n) is 2.78. The summed E-state index contributed by atoms with van der Waals surface area (Å²) in [5, 5.41) is 0. The Hall–Kier alpha value is -1.52. The van der Waals surface area contributed by atoms with Crippen LogP contribution in [0.1, 0.15) is 38.6 Å². The van der Waals surface area contributed by atoms with Gasteiger partial charge in [0.2, 0.25) is 5.91 Å². The number of carbonyl (C=O) groups excluding carboxylic acids is 1. The van der Waals surface area contributed by atoms with Crippen molar-refractivity contribution in [1.29, 1.82) is 0 Å². The molecule has 1 aliphatic heterocycles. The van der Waals surface area contributed by atoms with Crippen LogP contribution in [0.3, 0.4) is 0 Å². The van der Waals surface area contributed by atoms with Crippen molar-refractivity contribution >= 4 is 11.9 Å². The lowest BCUT2D eigenvalue weighted by molar-refractivity contribution is -0.134. The molecule has 0 atom stereocenters. The van der Waals surface area contributed by atoms with Crippen LogP contribution in [0.4, 0.5) is 6.01 Å². The molecule has 0 aromatic carbocycles. The maximum atomic E-state index is 12.1. The molecular weight excluding hydrogens is 218 g/mol. The van der Waals surface area contributed by atoms with E-state index in [1.54, 1.807) is 0 Å². The second-order valence-electron chi connectivity index (χ2n) is 5.72. The highest BCUT2D eigenvalue weighted by atomic mass is 16.4. The molecule has 1 aliphatic rings. The number of aromatic nitrogens is 1. The van der Waals surface area contributed by atoms with Crippen LogP contribution in [-0.2, 0) is 17.8 Å². The Bertz CT molecular complexity index is 431. The fourth-order valence-electron chi connectivity index (χ4n) is 1.99. The van der Waals surface area contributed by atoms with Crippen molar-refractivity contribution in [2.24, 2.45) is 5.41 Å². The number of oxazole rings is 1. The van der Waals surface area contributed by atoms with E-state index < -0.39 is 0 Å². The summed E-state index contributed by atoms with van der Waals surface area (Å²) in [4.78, 5) is 18.0. The fourth-order valence-corrected chi connectivity index (χ4v) is 1.99. The molecule has 17 heavy (non-hydrogen) atoms. The molecule has 0 saturated carbocycles. The highest BCUT2D eigenvalue weighted by Gasteiger charge is 2.27. The number of rotatable bonds is 1. The zero-order valence-electron chi connectivity index (χ0n) is 10.6. The first-order valence-corrected chi connectivity index (χ1v) is 5.87. The van der Waals surface area contributed by atoms with Crippen molar-refractivity contribution in [1.82, 2.24) is 9.88 Å². The van der Waals surface area contributed by atoms with Gasteiger partial charge in [0.05, 0.1) is 12.2 Å². The summed E-state index contributed by atoms with van der Waals surface area (Å²) in [5.74, 6) is 0.897. The molecule has 1 aromatic heterocycles. The highest BCUT2D eigenvalue weighted by Crippen LogP contribution is 2.24. The summed E-state index contributed by atoms with van der Waals surface area (Å²) in [5.41, 5.74) is 6.40. The Kier molecular flexibility index (Phi) is 2.85. The van der Waals surface area contributed by atoms with E-state index in [0.29, 0.717) is 19.5 Å². The summed E-state index contributed by atoms with van der Waals surface area (Å²) < 4.78 is 5.29. The topological polar surface area (TPSA) is 72.4 Å². The van der Waals surface area contributed by atoms with Crippen molar-refractivity contribution in [3.8, 4) is 0 Å². The Morgan fingerprint density at radius 1 is 1.53 bits per heavy atom. The second kappa shape index (κ2) is 4.05. The molecule has 1 amide bonds. The van der Waals surface area contributed by atoms with Gasteiger partial charge in [0.15, 0.2) is 0 Å². The van der Waals surface area contributed by atoms with Crippen LogP contribution >= 0.6 is 0 Å². The molecule has 0 unspecified atom stereocenters. The zero-order valence-corrected chi connectivity index (χ0v) is 10.6. The Morgan fingerprint density at radius 2 is 2.24 bits per heavy atom. The van der Waals surface area contributed by atoms with Gasteiger partial charge < -0.3 is 15.1 Å². The molecule has 0 bridgehead atoms. The van der Waals surface area contributed by atoms with E-state index >= 15 is 0 Å².